The van der Waals surface area contributed by atoms with E-state index in [4.69, 9.17) is 0 Å². The van der Waals surface area contributed by atoms with Crippen molar-refractivity contribution in [2.75, 3.05) is 0 Å². The van der Waals surface area contributed by atoms with Gasteiger partial charge in [-0.15, -0.1) is 0 Å². The van der Waals surface area contributed by atoms with Crippen LogP contribution in [-0.2, 0) is 10.1 Å². The van der Waals surface area contributed by atoms with Crippen LogP contribution in [0.1, 0.15) is 22.9 Å². The maximum Gasteiger partial charge on any atom is 0.387 e. The van der Waals surface area contributed by atoms with Gasteiger partial charge in [0.2, 0.25) is 0 Å². The van der Waals surface area contributed by atoms with E-state index in [2.05, 4.69) is 36.6 Å². The van der Waals surface area contributed by atoms with Crippen LogP contribution >= 0.6 is 31.9 Å². The lowest BCUT2D eigenvalue weighted by atomic mass is 10.1. The van der Waals surface area contributed by atoms with E-state index >= 15 is 0 Å². The van der Waals surface area contributed by atoms with Gasteiger partial charge in [-0.1, -0.05) is 44.0 Å². The zero-order chi connectivity index (χ0) is 13.0. The first-order chi connectivity index (χ1) is 7.95. The third kappa shape index (κ3) is 4.03. The molecular formula is C11H10Br2F2O2. The summed E-state index contributed by atoms with van der Waals surface area (Å²) < 4.78 is 29.0. The largest absolute Gasteiger partial charge is 0.434 e. The molecule has 0 saturated heterocycles. The summed E-state index contributed by atoms with van der Waals surface area (Å²) in [5.41, 5.74) is 1.20. The summed E-state index contributed by atoms with van der Waals surface area (Å²) >= 11 is 6.38. The minimum Gasteiger partial charge on any atom is -0.434 e. The van der Waals surface area contributed by atoms with Gasteiger partial charge in [0.15, 0.2) is 0 Å². The molecular weight excluding hydrogens is 362 g/mol. The predicted octanol–water partition coefficient (Wildman–Crippen LogP) is 4.21. The average Bonchev–Trinajstić information content (AvgIpc) is 2.27. The zero-order valence-electron chi connectivity index (χ0n) is 8.92. The van der Waals surface area contributed by atoms with E-state index in [1.807, 2.05) is 0 Å². The summed E-state index contributed by atoms with van der Waals surface area (Å²) in [7, 11) is 0. The van der Waals surface area contributed by atoms with E-state index in [1.165, 1.54) is 13.0 Å². The van der Waals surface area contributed by atoms with Crippen molar-refractivity contribution < 1.29 is 18.3 Å². The molecule has 0 radical (unpaired) electrons. The molecule has 0 bridgehead atoms. The van der Waals surface area contributed by atoms with Crippen LogP contribution in [0, 0.1) is 0 Å². The molecule has 0 aromatic heterocycles. The van der Waals surface area contributed by atoms with Crippen molar-refractivity contribution in [2.45, 2.75) is 23.7 Å². The lowest BCUT2D eigenvalue weighted by Gasteiger charge is -2.14. The van der Waals surface area contributed by atoms with E-state index in [9.17, 15) is 13.6 Å². The third-order valence-corrected chi connectivity index (χ3v) is 3.86. The number of ketones is 1. The SMILES string of the molecule is CC(=O)C(Br)c1ccc(CBr)cc1OC(F)F. The highest BCUT2D eigenvalue weighted by molar-refractivity contribution is 9.09. The fraction of sp³-hybridized carbons (Fsp3) is 0.364. The van der Waals surface area contributed by atoms with Crippen molar-refractivity contribution in [1.82, 2.24) is 0 Å². The Morgan fingerprint density at radius 2 is 2.12 bits per heavy atom. The van der Waals surface area contributed by atoms with Crippen molar-refractivity contribution in [1.29, 1.82) is 0 Å². The first-order valence-corrected chi connectivity index (χ1v) is 6.77. The summed E-state index contributed by atoms with van der Waals surface area (Å²) in [5.74, 6) is -0.148. The number of alkyl halides is 4. The topological polar surface area (TPSA) is 26.3 Å². The Bertz CT molecular complexity index is 410. The summed E-state index contributed by atoms with van der Waals surface area (Å²) in [5, 5.41) is 0.528. The van der Waals surface area contributed by atoms with Gasteiger partial charge in [0.25, 0.3) is 0 Å². The van der Waals surface area contributed by atoms with Crippen LogP contribution in [0.5, 0.6) is 5.75 Å². The van der Waals surface area contributed by atoms with Gasteiger partial charge in [-0.2, -0.15) is 8.78 Å². The smallest absolute Gasteiger partial charge is 0.387 e. The third-order valence-electron chi connectivity index (χ3n) is 2.08. The first kappa shape index (κ1) is 14.6. The molecule has 1 aromatic rings. The quantitative estimate of drug-likeness (QED) is 0.725. The molecule has 0 spiro atoms. The molecule has 0 heterocycles. The number of hydrogen-bond acceptors (Lipinski definition) is 2. The van der Waals surface area contributed by atoms with E-state index in [-0.39, 0.29) is 11.5 Å². The highest BCUT2D eigenvalue weighted by atomic mass is 79.9. The standard InChI is InChI=1S/C11H10Br2F2O2/c1-6(16)10(13)8-3-2-7(5-12)4-9(8)17-11(14)15/h2-4,10-11H,5H2,1H3. The molecule has 0 aliphatic carbocycles. The Labute approximate surface area is 115 Å². The van der Waals surface area contributed by atoms with Gasteiger partial charge >= 0.3 is 6.61 Å². The highest BCUT2D eigenvalue weighted by Crippen LogP contribution is 2.34. The van der Waals surface area contributed by atoms with Gasteiger partial charge in [-0.25, -0.2) is 0 Å². The van der Waals surface area contributed by atoms with Crippen molar-refractivity contribution in [3.63, 3.8) is 0 Å². The number of hydrogen-bond donors (Lipinski definition) is 0. The monoisotopic (exact) mass is 370 g/mol. The fourth-order valence-corrected chi connectivity index (χ4v) is 2.02. The molecule has 0 N–H and O–H groups in total. The maximum absolute atomic E-state index is 12.3. The van der Waals surface area contributed by atoms with Crippen LogP contribution in [0.4, 0.5) is 8.78 Å². The van der Waals surface area contributed by atoms with Crippen LogP contribution in [0.15, 0.2) is 18.2 Å². The predicted molar refractivity (Wildman–Crippen MR) is 68.1 cm³/mol. The van der Waals surface area contributed by atoms with Crippen molar-refractivity contribution in [3.05, 3.63) is 29.3 Å². The number of carbonyl (C=O) groups excluding carboxylic acids is 1. The Kier molecular flexibility index (Phi) is 5.52. The number of rotatable bonds is 5. The van der Waals surface area contributed by atoms with E-state index in [1.54, 1.807) is 12.1 Å². The molecule has 1 rings (SSSR count). The summed E-state index contributed by atoms with van der Waals surface area (Å²) in [6, 6.07) is 4.85. The average molecular weight is 372 g/mol. The molecule has 1 atom stereocenters. The Morgan fingerprint density at radius 1 is 1.47 bits per heavy atom. The minimum absolute atomic E-state index is 0.0222. The number of carbonyl (C=O) groups is 1. The van der Waals surface area contributed by atoms with Gasteiger partial charge in [0.1, 0.15) is 16.4 Å². The minimum atomic E-state index is -2.91. The van der Waals surface area contributed by atoms with Gasteiger partial charge in [0, 0.05) is 10.9 Å². The fourth-order valence-electron chi connectivity index (χ4n) is 1.29. The van der Waals surface area contributed by atoms with Crippen LogP contribution < -0.4 is 4.74 Å². The van der Waals surface area contributed by atoms with Crippen LogP contribution in [0.25, 0.3) is 0 Å². The second-order valence-electron chi connectivity index (χ2n) is 3.36. The molecule has 1 aromatic carbocycles. The summed E-state index contributed by atoms with van der Waals surface area (Å²) in [6.07, 6.45) is 0. The van der Waals surface area contributed by atoms with Gasteiger partial charge in [-0.3, -0.25) is 4.79 Å². The molecule has 0 aliphatic rings. The Morgan fingerprint density at radius 3 is 2.59 bits per heavy atom. The molecule has 0 amide bonds. The number of Topliss-reactive ketones (excluding diaryl/α,β-unsaturated/α-hetero) is 1. The molecule has 2 nitrogen and oxygen atoms in total. The highest BCUT2D eigenvalue weighted by Gasteiger charge is 2.19. The number of halogens is 4. The first-order valence-electron chi connectivity index (χ1n) is 4.73. The summed E-state index contributed by atoms with van der Waals surface area (Å²) in [4.78, 5) is 10.6. The molecule has 1 unspecified atom stereocenters. The van der Waals surface area contributed by atoms with Gasteiger partial charge in [0.05, 0.1) is 0 Å². The van der Waals surface area contributed by atoms with Gasteiger partial charge in [-0.05, 0) is 18.6 Å². The lowest BCUT2D eigenvalue weighted by molar-refractivity contribution is -0.116. The normalized spacial score (nSPS) is 12.6. The molecule has 17 heavy (non-hydrogen) atoms. The molecule has 0 saturated carbocycles. The van der Waals surface area contributed by atoms with E-state index in [0.717, 1.165) is 5.56 Å². The van der Waals surface area contributed by atoms with Crippen LogP contribution in [0.3, 0.4) is 0 Å². The lowest BCUT2D eigenvalue weighted by Crippen LogP contribution is -2.08. The van der Waals surface area contributed by atoms with E-state index in [0.29, 0.717) is 10.9 Å². The van der Waals surface area contributed by atoms with Crippen molar-refractivity contribution in [2.24, 2.45) is 0 Å². The Balaban J connectivity index is 3.14. The molecule has 0 fully saturated rings. The zero-order valence-corrected chi connectivity index (χ0v) is 12.1. The number of benzene rings is 1. The van der Waals surface area contributed by atoms with Gasteiger partial charge < -0.3 is 4.74 Å². The number of ether oxygens (including phenoxy) is 1. The molecule has 0 aliphatic heterocycles. The van der Waals surface area contributed by atoms with Crippen molar-refractivity contribution >= 4 is 37.6 Å². The summed E-state index contributed by atoms with van der Waals surface area (Å²) in [6.45, 7) is -1.53. The maximum atomic E-state index is 12.3. The van der Waals surface area contributed by atoms with Crippen LogP contribution in [0.2, 0.25) is 0 Å². The van der Waals surface area contributed by atoms with Crippen LogP contribution in [-0.4, -0.2) is 12.4 Å². The molecule has 94 valence electrons. The second kappa shape index (κ2) is 6.44. The molecule has 6 heteroatoms. The second-order valence-corrected chi connectivity index (χ2v) is 4.83. The Hall–Kier alpha value is -0.490. The van der Waals surface area contributed by atoms with E-state index < -0.39 is 11.4 Å². The van der Waals surface area contributed by atoms with Crippen molar-refractivity contribution in [3.8, 4) is 5.75 Å².